The molecule has 0 aliphatic heterocycles. The first-order valence-electron chi connectivity index (χ1n) is 5.78. The molecule has 3 nitrogen and oxygen atoms in total. The number of ether oxygens (including phenoxy) is 1. The third kappa shape index (κ3) is 5.07. The zero-order chi connectivity index (χ0) is 16.1. The van der Waals surface area contributed by atoms with Gasteiger partial charge in [0.1, 0.15) is 5.75 Å². The Kier molecular flexibility index (Phi) is 5.82. The van der Waals surface area contributed by atoms with Crippen LogP contribution in [0.2, 0.25) is 0 Å². The van der Waals surface area contributed by atoms with Crippen molar-refractivity contribution in [2.45, 2.75) is 19.0 Å². The molecule has 118 valence electrons. The number of halogens is 5. The van der Waals surface area contributed by atoms with Gasteiger partial charge in [-0.05, 0) is 23.3 Å². The van der Waals surface area contributed by atoms with Gasteiger partial charge in [-0.25, -0.2) is 0 Å². The van der Waals surface area contributed by atoms with Gasteiger partial charge >= 0.3 is 12.1 Å². The highest BCUT2D eigenvalue weighted by molar-refractivity contribution is 8.02. The molecule has 0 bridgehead atoms. The molecular weight excluding hydrogens is 315 g/mol. The first-order valence-corrected chi connectivity index (χ1v) is 6.83. The molecule has 0 atom stereocenters. The molecular formula is C12H13F5N2OS. The van der Waals surface area contributed by atoms with Crippen LogP contribution in [0, 0.1) is 0 Å². The minimum Gasteiger partial charge on any atom is -0.485 e. The van der Waals surface area contributed by atoms with Gasteiger partial charge in [-0.1, -0.05) is 6.92 Å². The molecule has 0 saturated carbocycles. The summed E-state index contributed by atoms with van der Waals surface area (Å²) in [4.78, 5) is 3.84. The number of nitrogens with two attached hydrogens (primary N) is 1. The van der Waals surface area contributed by atoms with E-state index in [2.05, 4.69) is 9.72 Å². The molecule has 0 fully saturated rings. The van der Waals surface area contributed by atoms with Crippen molar-refractivity contribution in [3.05, 3.63) is 29.4 Å². The highest BCUT2D eigenvalue weighted by atomic mass is 32.2. The highest BCUT2D eigenvalue weighted by Crippen LogP contribution is 2.35. The van der Waals surface area contributed by atoms with E-state index in [1.54, 1.807) is 5.41 Å². The van der Waals surface area contributed by atoms with Crippen LogP contribution in [-0.4, -0.2) is 29.4 Å². The predicted octanol–water partition coefficient (Wildman–Crippen LogP) is 3.67. The molecule has 0 aromatic carbocycles. The SMILES string of the molecule is CCS/C=C(\N)c1ccc(OCC(F)(F)C(F)(F)F)cn1. The molecule has 0 spiro atoms. The van der Waals surface area contributed by atoms with Crippen LogP contribution in [0.25, 0.3) is 5.70 Å². The van der Waals surface area contributed by atoms with Gasteiger partial charge in [-0.2, -0.15) is 22.0 Å². The van der Waals surface area contributed by atoms with E-state index in [-0.39, 0.29) is 5.75 Å². The van der Waals surface area contributed by atoms with Gasteiger partial charge < -0.3 is 10.5 Å². The van der Waals surface area contributed by atoms with E-state index < -0.39 is 18.7 Å². The standard InChI is InChI=1S/C12H13F5N2OS/c1-2-21-6-9(18)10-4-3-8(5-19-10)20-7-11(13,14)12(15,16)17/h3-6H,2,7,18H2,1H3/b9-6-. The maximum absolute atomic E-state index is 12.7. The molecule has 0 radical (unpaired) electrons. The number of alkyl halides is 5. The van der Waals surface area contributed by atoms with E-state index in [0.717, 1.165) is 11.9 Å². The molecule has 9 heteroatoms. The van der Waals surface area contributed by atoms with Crippen LogP contribution >= 0.6 is 11.8 Å². The van der Waals surface area contributed by atoms with E-state index in [1.165, 1.54) is 23.9 Å². The van der Waals surface area contributed by atoms with Crippen LogP contribution in [0.15, 0.2) is 23.7 Å². The molecule has 0 aliphatic carbocycles. The van der Waals surface area contributed by atoms with E-state index in [9.17, 15) is 22.0 Å². The van der Waals surface area contributed by atoms with Crippen molar-refractivity contribution in [3.63, 3.8) is 0 Å². The molecule has 0 aliphatic rings. The van der Waals surface area contributed by atoms with Gasteiger partial charge in [0.2, 0.25) is 0 Å². The third-order valence-corrected chi connectivity index (χ3v) is 3.00. The van der Waals surface area contributed by atoms with Gasteiger partial charge in [0.25, 0.3) is 0 Å². The normalized spacial score (nSPS) is 13.3. The van der Waals surface area contributed by atoms with Crippen LogP contribution < -0.4 is 10.5 Å². The van der Waals surface area contributed by atoms with Crippen molar-refractivity contribution in [2.24, 2.45) is 5.73 Å². The minimum atomic E-state index is -5.65. The Balaban J connectivity index is 2.68. The minimum absolute atomic E-state index is 0.196. The summed E-state index contributed by atoms with van der Waals surface area (Å²) in [5, 5.41) is 1.67. The highest BCUT2D eigenvalue weighted by Gasteiger charge is 2.58. The second-order valence-corrected chi connectivity index (χ2v) is 5.04. The smallest absolute Gasteiger partial charge is 0.456 e. The number of thioether (sulfide) groups is 1. The summed E-state index contributed by atoms with van der Waals surface area (Å²) >= 11 is 1.45. The fraction of sp³-hybridized carbons (Fsp3) is 0.417. The Bertz CT molecular complexity index is 487. The first-order chi connectivity index (χ1) is 9.67. The van der Waals surface area contributed by atoms with Gasteiger partial charge in [0.15, 0.2) is 6.61 Å². The van der Waals surface area contributed by atoms with Crippen LogP contribution in [0.3, 0.4) is 0 Å². The van der Waals surface area contributed by atoms with E-state index in [1.807, 2.05) is 6.92 Å². The lowest BCUT2D eigenvalue weighted by Gasteiger charge is -2.19. The van der Waals surface area contributed by atoms with Gasteiger partial charge in [-0.3, -0.25) is 4.98 Å². The average molecular weight is 328 g/mol. The monoisotopic (exact) mass is 328 g/mol. The fourth-order valence-corrected chi connectivity index (χ4v) is 1.59. The summed E-state index contributed by atoms with van der Waals surface area (Å²) in [5.41, 5.74) is 6.45. The van der Waals surface area contributed by atoms with Crippen molar-refractivity contribution < 1.29 is 26.7 Å². The van der Waals surface area contributed by atoms with Crippen LogP contribution in [0.1, 0.15) is 12.6 Å². The summed E-state index contributed by atoms with van der Waals surface area (Å²) in [6, 6.07) is 2.61. The Morgan fingerprint density at radius 1 is 1.33 bits per heavy atom. The van der Waals surface area contributed by atoms with Crippen LogP contribution in [-0.2, 0) is 0 Å². The predicted molar refractivity (Wildman–Crippen MR) is 71.0 cm³/mol. The fourth-order valence-electron chi connectivity index (χ4n) is 1.13. The third-order valence-electron chi connectivity index (χ3n) is 2.24. The van der Waals surface area contributed by atoms with Crippen molar-refractivity contribution >= 4 is 17.5 Å². The summed E-state index contributed by atoms with van der Waals surface area (Å²) in [7, 11) is 0. The van der Waals surface area contributed by atoms with E-state index in [0.29, 0.717) is 11.4 Å². The zero-order valence-electron chi connectivity index (χ0n) is 11.0. The van der Waals surface area contributed by atoms with Crippen molar-refractivity contribution in [2.75, 3.05) is 12.4 Å². The number of hydrogen-bond acceptors (Lipinski definition) is 4. The van der Waals surface area contributed by atoms with Crippen molar-refractivity contribution in [3.8, 4) is 5.75 Å². The molecule has 0 amide bonds. The zero-order valence-corrected chi connectivity index (χ0v) is 11.8. The van der Waals surface area contributed by atoms with Gasteiger partial charge in [0.05, 0.1) is 17.6 Å². The molecule has 1 rings (SSSR count). The average Bonchev–Trinajstić information content (AvgIpc) is 2.42. The quantitative estimate of drug-likeness (QED) is 0.810. The largest absolute Gasteiger partial charge is 0.485 e. The second kappa shape index (κ2) is 6.97. The summed E-state index contributed by atoms with van der Waals surface area (Å²) < 4.78 is 65.6. The topological polar surface area (TPSA) is 48.1 Å². The first kappa shape index (κ1) is 17.5. The lowest BCUT2D eigenvalue weighted by Crippen LogP contribution is -2.41. The maximum Gasteiger partial charge on any atom is 0.456 e. The van der Waals surface area contributed by atoms with Crippen molar-refractivity contribution in [1.82, 2.24) is 4.98 Å². The number of rotatable bonds is 6. The van der Waals surface area contributed by atoms with Crippen molar-refractivity contribution in [1.29, 1.82) is 0 Å². The second-order valence-electron chi connectivity index (χ2n) is 3.90. The lowest BCUT2D eigenvalue weighted by molar-refractivity contribution is -0.290. The number of pyridine rings is 1. The van der Waals surface area contributed by atoms with Gasteiger partial charge in [-0.15, -0.1) is 11.8 Å². The Morgan fingerprint density at radius 2 is 2.00 bits per heavy atom. The van der Waals surface area contributed by atoms with Crippen LogP contribution in [0.4, 0.5) is 22.0 Å². The molecule has 1 heterocycles. The maximum atomic E-state index is 12.7. The summed E-state index contributed by atoms with van der Waals surface area (Å²) in [6.45, 7) is 0.133. The molecule has 0 unspecified atom stereocenters. The molecule has 21 heavy (non-hydrogen) atoms. The Labute approximate surface area is 122 Å². The Hall–Kier alpha value is -1.51. The van der Waals surface area contributed by atoms with E-state index in [4.69, 9.17) is 5.73 Å². The summed E-state index contributed by atoms with van der Waals surface area (Å²) in [5.74, 6) is -4.30. The number of nitrogens with zero attached hydrogens (tertiary/aromatic N) is 1. The van der Waals surface area contributed by atoms with Gasteiger partial charge in [0, 0.05) is 0 Å². The molecule has 1 aromatic heterocycles. The number of hydrogen-bond donors (Lipinski definition) is 1. The summed E-state index contributed by atoms with van der Waals surface area (Å²) in [6.07, 6.45) is -4.61. The van der Waals surface area contributed by atoms with E-state index >= 15 is 0 Å². The molecule has 1 aromatic rings. The number of aromatic nitrogens is 1. The lowest BCUT2D eigenvalue weighted by atomic mass is 10.3. The Morgan fingerprint density at radius 3 is 2.48 bits per heavy atom. The molecule has 0 saturated heterocycles. The molecule has 2 N–H and O–H groups in total. The van der Waals surface area contributed by atoms with Crippen LogP contribution in [0.5, 0.6) is 5.75 Å².